The number of carbonyl (C=O) groups excluding carboxylic acids is 2. The van der Waals surface area contributed by atoms with Crippen molar-refractivity contribution in [1.82, 2.24) is 10.6 Å². The Morgan fingerprint density at radius 1 is 0.710 bits per heavy atom. The van der Waals surface area contributed by atoms with E-state index in [4.69, 9.17) is 5.11 Å². The first-order valence-electron chi connectivity index (χ1n) is 12.7. The third-order valence-corrected chi connectivity index (χ3v) is 5.35. The number of amides is 1. The van der Waals surface area contributed by atoms with E-state index in [9.17, 15) is 9.59 Å². The molecule has 0 aromatic rings. The van der Waals surface area contributed by atoms with E-state index >= 15 is 0 Å². The Labute approximate surface area is 192 Å². The van der Waals surface area contributed by atoms with Gasteiger partial charge >= 0.3 is 5.97 Å². The van der Waals surface area contributed by atoms with E-state index in [0.29, 0.717) is 13.0 Å². The highest BCUT2D eigenvalue weighted by Crippen LogP contribution is 2.13. The highest BCUT2D eigenvalue weighted by molar-refractivity contribution is 5.68. The van der Waals surface area contributed by atoms with Crippen LogP contribution in [0, 0.1) is 0 Å². The van der Waals surface area contributed by atoms with Crippen molar-refractivity contribution in [3.8, 4) is 0 Å². The van der Waals surface area contributed by atoms with Crippen molar-refractivity contribution in [2.45, 2.75) is 116 Å². The number of hydrogen-bond acceptors (Lipinski definition) is 5. The molecule has 3 N–H and O–H groups in total. The van der Waals surface area contributed by atoms with E-state index in [1.807, 2.05) is 7.05 Å². The van der Waals surface area contributed by atoms with Crippen LogP contribution in [0.2, 0.25) is 0 Å². The van der Waals surface area contributed by atoms with Crippen LogP contribution in [0.1, 0.15) is 116 Å². The first kappa shape index (κ1) is 32.0. The van der Waals surface area contributed by atoms with Gasteiger partial charge in [0.25, 0.3) is 0 Å². The summed E-state index contributed by atoms with van der Waals surface area (Å²) < 4.78 is 4.62. The Morgan fingerprint density at radius 3 is 1.55 bits per heavy atom. The first-order chi connectivity index (χ1) is 15.2. The lowest BCUT2D eigenvalue weighted by Crippen LogP contribution is -2.11. The van der Waals surface area contributed by atoms with Gasteiger partial charge in [-0.25, -0.2) is 0 Å². The molecule has 6 nitrogen and oxygen atoms in total. The zero-order chi connectivity index (χ0) is 23.3. The van der Waals surface area contributed by atoms with Crippen molar-refractivity contribution >= 4 is 12.4 Å². The largest absolute Gasteiger partial charge is 0.469 e. The minimum Gasteiger partial charge on any atom is -0.469 e. The summed E-state index contributed by atoms with van der Waals surface area (Å²) in [5, 5.41) is 14.2. The average molecular weight is 445 g/mol. The highest BCUT2D eigenvalue weighted by Gasteiger charge is 1.99. The number of carbonyl (C=O) groups is 2. The number of rotatable bonds is 23. The van der Waals surface area contributed by atoms with Crippen LogP contribution in [0.3, 0.4) is 0 Å². The molecule has 1 amide bonds. The molecule has 0 aromatic heterocycles. The maximum absolute atomic E-state index is 10.9. The number of esters is 1. The van der Waals surface area contributed by atoms with E-state index in [2.05, 4.69) is 15.4 Å². The number of methoxy groups -OCH3 is 1. The average Bonchev–Trinajstić information content (AvgIpc) is 2.79. The maximum atomic E-state index is 10.9. The second-order valence-electron chi connectivity index (χ2n) is 8.24. The second-order valence-corrected chi connectivity index (χ2v) is 8.24. The fourth-order valence-electron chi connectivity index (χ4n) is 3.37. The minimum absolute atomic E-state index is 0.0833. The van der Waals surface area contributed by atoms with Gasteiger partial charge in [0.1, 0.15) is 0 Å². The third kappa shape index (κ3) is 33.7. The monoisotopic (exact) mass is 444 g/mol. The Balaban J connectivity index is 0. The topological polar surface area (TPSA) is 87.7 Å². The van der Waals surface area contributed by atoms with Crippen LogP contribution in [-0.4, -0.2) is 51.3 Å². The molecular formula is C25H52N2O4. The molecule has 0 aliphatic heterocycles. The Kier molecular flexibility index (Phi) is 32.1. The lowest BCUT2D eigenvalue weighted by molar-refractivity contribution is -0.140. The normalized spacial score (nSPS) is 10.3. The zero-order valence-corrected chi connectivity index (χ0v) is 20.6. The van der Waals surface area contributed by atoms with Crippen LogP contribution in [0.4, 0.5) is 0 Å². The molecule has 0 aliphatic carbocycles. The molecule has 0 aliphatic rings. The number of nitrogens with one attached hydrogen (secondary N) is 2. The van der Waals surface area contributed by atoms with E-state index < -0.39 is 0 Å². The van der Waals surface area contributed by atoms with Gasteiger partial charge in [-0.15, -0.1) is 0 Å². The van der Waals surface area contributed by atoms with Crippen molar-refractivity contribution < 1.29 is 19.4 Å². The zero-order valence-electron chi connectivity index (χ0n) is 20.6. The molecule has 0 unspecified atom stereocenters. The lowest BCUT2D eigenvalue weighted by Gasteiger charge is -2.03. The van der Waals surface area contributed by atoms with Gasteiger partial charge in [0.05, 0.1) is 7.11 Å². The minimum atomic E-state index is -0.0833. The van der Waals surface area contributed by atoms with Crippen molar-refractivity contribution in [3.05, 3.63) is 0 Å². The summed E-state index contributed by atoms with van der Waals surface area (Å²) >= 11 is 0. The molecule has 6 heteroatoms. The molecule has 186 valence electrons. The fourth-order valence-corrected chi connectivity index (χ4v) is 3.37. The fraction of sp³-hybridized carbons (Fsp3) is 0.920. The number of hydrogen-bond donors (Lipinski definition) is 3. The number of aliphatic hydroxyl groups excluding tert-OH is 1. The van der Waals surface area contributed by atoms with Gasteiger partial charge in [-0.1, -0.05) is 83.5 Å². The van der Waals surface area contributed by atoms with Crippen LogP contribution < -0.4 is 10.6 Å². The number of unbranched alkanes of at least 4 members (excludes halogenated alkanes) is 15. The smallest absolute Gasteiger partial charge is 0.305 e. The van der Waals surface area contributed by atoms with E-state index in [1.165, 1.54) is 84.2 Å². The lowest BCUT2D eigenvalue weighted by atomic mass is 10.0. The van der Waals surface area contributed by atoms with Gasteiger partial charge in [-0.05, 0) is 39.3 Å². The molecule has 0 spiro atoms. The summed E-state index contributed by atoms with van der Waals surface area (Å²) in [7, 11) is 3.42. The summed E-state index contributed by atoms with van der Waals surface area (Å²) in [6.45, 7) is 2.27. The molecule has 0 bridgehead atoms. The van der Waals surface area contributed by atoms with Crippen LogP contribution >= 0.6 is 0 Å². The predicted molar refractivity (Wildman–Crippen MR) is 130 cm³/mol. The van der Waals surface area contributed by atoms with Gasteiger partial charge in [0.15, 0.2) is 0 Å². The SMILES string of the molecule is CNCCCCCCO.COC(=O)CCCCCCCCCCCCCCCNC=O. The number of ether oxygens (including phenoxy) is 1. The predicted octanol–water partition coefficient (Wildman–Crippen LogP) is 5.13. The summed E-state index contributed by atoms with van der Waals surface area (Å²) in [5.74, 6) is -0.0833. The first-order valence-corrected chi connectivity index (χ1v) is 12.7. The standard InChI is InChI=1S/C18H35NO3.C7H17NO/c1-22-18(21)15-13-11-9-7-5-3-2-4-6-8-10-12-14-16-19-17-20;1-8-6-4-2-3-5-7-9/h17H,2-16H2,1H3,(H,19,20);8-9H,2-7H2,1H3. The summed E-state index contributed by atoms with van der Waals surface area (Å²) in [5.41, 5.74) is 0. The van der Waals surface area contributed by atoms with Crippen molar-refractivity contribution in [1.29, 1.82) is 0 Å². The van der Waals surface area contributed by atoms with Crippen molar-refractivity contribution in [2.24, 2.45) is 0 Å². The Bertz CT molecular complexity index is 348. The van der Waals surface area contributed by atoms with Gasteiger partial charge in [-0.2, -0.15) is 0 Å². The molecule has 0 radical (unpaired) electrons. The second kappa shape index (κ2) is 31.0. The van der Waals surface area contributed by atoms with Crippen LogP contribution in [0.25, 0.3) is 0 Å². The Morgan fingerprint density at radius 2 is 1.13 bits per heavy atom. The molecule has 0 aromatic carbocycles. The van der Waals surface area contributed by atoms with E-state index in [1.54, 1.807) is 0 Å². The number of aliphatic hydroxyl groups is 1. The van der Waals surface area contributed by atoms with Crippen LogP contribution in [0.5, 0.6) is 0 Å². The molecule has 0 rings (SSSR count). The molecular weight excluding hydrogens is 392 g/mol. The summed E-state index contributed by atoms with van der Waals surface area (Å²) in [6.07, 6.45) is 22.3. The van der Waals surface area contributed by atoms with Crippen molar-refractivity contribution in [2.75, 3.05) is 33.9 Å². The van der Waals surface area contributed by atoms with Gasteiger partial charge < -0.3 is 20.5 Å². The van der Waals surface area contributed by atoms with E-state index in [0.717, 1.165) is 51.6 Å². The van der Waals surface area contributed by atoms with Gasteiger partial charge in [0, 0.05) is 19.6 Å². The van der Waals surface area contributed by atoms with Crippen LogP contribution in [0.15, 0.2) is 0 Å². The quantitative estimate of drug-likeness (QED) is 0.116. The highest BCUT2D eigenvalue weighted by atomic mass is 16.5. The molecule has 0 atom stereocenters. The molecule has 0 saturated heterocycles. The third-order valence-electron chi connectivity index (χ3n) is 5.35. The summed E-state index contributed by atoms with van der Waals surface area (Å²) in [6, 6.07) is 0. The molecule has 0 saturated carbocycles. The summed E-state index contributed by atoms with van der Waals surface area (Å²) in [4.78, 5) is 21.0. The Hall–Kier alpha value is -1.14. The van der Waals surface area contributed by atoms with Gasteiger partial charge in [-0.3, -0.25) is 9.59 Å². The molecule has 31 heavy (non-hydrogen) atoms. The van der Waals surface area contributed by atoms with Gasteiger partial charge in [0.2, 0.25) is 6.41 Å². The molecule has 0 heterocycles. The molecule has 0 fully saturated rings. The maximum Gasteiger partial charge on any atom is 0.305 e. The van der Waals surface area contributed by atoms with E-state index in [-0.39, 0.29) is 5.97 Å². The van der Waals surface area contributed by atoms with Crippen molar-refractivity contribution in [3.63, 3.8) is 0 Å². The van der Waals surface area contributed by atoms with Crippen LogP contribution in [-0.2, 0) is 14.3 Å².